The number of methoxy groups -OCH3 is 1. The number of ether oxygens (including phenoxy) is 2. The van der Waals surface area contributed by atoms with E-state index in [0.29, 0.717) is 26.1 Å². The van der Waals surface area contributed by atoms with Crippen molar-refractivity contribution in [1.29, 1.82) is 0 Å². The molecule has 6 nitrogen and oxygen atoms in total. The molecular weight excluding hydrogens is 367 g/mol. The number of hydrogen-bond acceptors (Lipinski definition) is 6. The van der Waals surface area contributed by atoms with Crippen molar-refractivity contribution in [2.24, 2.45) is 0 Å². The Kier molecular flexibility index (Phi) is 5.51. The van der Waals surface area contributed by atoms with E-state index in [-0.39, 0.29) is 10.6 Å². The van der Waals surface area contributed by atoms with Crippen LogP contribution in [0.15, 0.2) is 29.2 Å². The van der Waals surface area contributed by atoms with Crippen molar-refractivity contribution >= 4 is 22.4 Å². The van der Waals surface area contributed by atoms with Gasteiger partial charge in [0.25, 0.3) is 0 Å². The van der Waals surface area contributed by atoms with E-state index >= 15 is 0 Å². The molecule has 8 heteroatoms. The first-order valence-electron chi connectivity index (χ1n) is 9.32. The van der Waals surface area contributed by atoms with Gasteiger partial charge in [0, 0.05) is 33.2 Å². The number of benzene rings is 1. The van der Waals surface area contributed by atoms with Gasteiger partial charge in [0.15, 0.2) is 9.84 Å². The zero-order chi connectivity index (χ0) is 19.9. The number of hydrogen-bond donors (Lipinski definition) is 0. The van der Waals surface area contributed by atoms with Crippen molar-refractivity contribution in [1.82, 2.24) is 0 Å². The fourth-order valence-corrected chi connectivity index (χ4v) is 5.21. The molecule has 2 aliphatic rings. The van der Waals surface area contributed by atoms with Gasteiger partial charge in [0.05, 0.1) is 27.5 Å². The Morgan fingerprint density at radius 2 is 1.52 bits per heavy atom. The van der Waals surface area contributed by atoms with Crippen molar-refractivity contribution in [2.45, 2.75) is 62.2 Å². The van der Waals surface area contributed by atoms with Crippen LogP contribution < -0.4 is 5.46 Å². The Morgan fingerprint density at radius 1 is 1.00 bits per heavy atom. The molecule has 0 spiro atoms. The van der Waals surface area contributed by atoms with E-state index in [4.69, 9.17) is 18.8 Å². The lowest BCUT2D eigenvalue weighted by molar-refractivity contribution is -0.0750. The summed E-state index contributed by atoms with van der Waals surface area (Å²) in [6, 6.07) is 6.77. The van der Waals surface area contributed by atoms with Gasteiger partial charge in [-0.3, -0.25) is 0 Å². The van der Waals surface area contributed by atoms with Crippen molar-refractivity contribution in [3.8, 4) is 0 Å². The lowest BCUT2D eigenvalue weighted by atomic mass is 9.79. The van der Waals surface area contributed by atoms with Crippen LogP contribution in [0.5, 0.6) is 0 Å². The maximum atomic E-state index is 12.9. The molecule has 27 heavy (non-hydrogen) atoms. The van der Waals surface area contributed by atoms with Crippen LogP contribution in [-0.2, 0) is 28.6 Å². The molecule has 0 N–H and O–H groups in total. The zero-order valence-electron chi connectivity index (χ0n) is 16.8. The lowest BCUT2D eigenvalue weighted by Gasteiger charge is -2.35. The molecule has 150 valence electrons. The lowest BCUT2D eigenvalue weighted by Crippen LogP contribution is -2.44. The highest BCUT2D eigenvalue weighted by Crippen LogP contribution is 2.36. The normalized spacial score (nSPS) is 24.1. The van der Waals surface area contributed by atoms with Crippen molar-refractivity contribution < 1.29 is 27.2 Å². The minimum absolute atomic E-state index is 0.0459. The van der Waals surface area contributed by atoms with Gasteiger partial charge in [0.1, 0.15) is 0 Å². The second-order valence-corrected chi connectivity index (χ2v) is 10.4. The summed E-state index contributed by atoms with van der Waals surface area (Å²) >= 11 is 0. The first-order valence-corrected chi connectivity index (χ1v) is 11.0. The summed E-state index contributed by atoms with van der Waals surface area (Å²) in [6.45, 7) is 9.00. The van der Waals surface area contributed by atoms with Crippen LogP contribution >= 0.6 is 0 Å². The summed E-state index contributed by atoms with van der Waals surface area (Å²) in [5.41, 5.74) is -0.742. The average Bonchev–Trinajstić information content (AvgIpc) is 2.83. The Hall–Kier alpha value is -0.925. The first kappa shape index (κ1) is 20.8. The van der Waals surface area contributed by atoms with Gasteiger partial charge in [-0.05, 0) is 45.3 Å². The molecule has 2 heterocycles. The van der Waals surface area contributed by atoms with Crippen LogP contribution in [0, 0.1) is 0 Å². The second kappa shape index (κ2) is 7.15. The van der Waals surface area contributed by atoms with E-state index in [2.05, 4.69) is 0 Å². The number of sulfone groups is 1. The highest BCUT2D eigenvalue weighted by Gasteiger charge is 2.51. The predicted octanol–water partition coefficient (Wildman–Crippen LogP) is 1.96. The first-order chi connectivity index (χ1) is 12.5. The molecule has 3 rings (SSSR count). The number of rotatable bonds is 5. The van der Waals surface area contributed by atoms with Crippen LogP contribution in [0.25, 0.3) is 0 Å². The Balaban J connectivity index is 1.77. The minimum Gasteiger partial charge on any atom is -0.399 e. The summed E-state index contributed by atoms with van der Waals surface area (Å²) in [5.74, 6) is -0.0459. The molecule has 2 saturated heterocycles. The van der Waals surface area contributed by atoms with Crippen molar-refractivity contribution in [3.05, 3.63) is 24.3 Å². The highest BCUT2D eigenvalue weighted by molar-refractivity contribution is 7.91. The van der Waals surface area contributed by atoms with Gasteiger partial charge in [-0.2, -0.15) is 0 Å². The molecule has 0 unspecified atom stereocenters. The SMILES string of the molecule is COC1(CS(=O)(=O)c2ccc(B3OC(C)(C)C(C)(C)O3)cc2)CCOCC1. The molecule has 2 aliphatic heterocycles. The molecule has 0 radical (unpaired) electrons. The molecule has 0 aliphatic carbocycles. The Morgan fingerprint density at radius 3 is 2.00 bits per heavy atom. The van der Waals surface area contributed by atoms with Crippen molar-refractivity contribution in [2.75, 3.05) is 26.1 Å². The third-order valence-electron chi connectivity index (χ3n) is 6.05. The summed E-state index contributed by atoms with van der Waals surface area (Å²) in [4.78, 5) is 0.283. The van der Waals surface area contributed by atoms with E-state index < -0.39 is 33.8 Å². The van der Waals surface area contributed by atoms with E-state index in [0.717, 1.165) is 5.46 Å². The third kappa shape index (κ3) is 4.10. The second-order valence-electron chi connectivity index (χ2n) is 8.42. The molecule has 0 aromatic heterocycles. The van der Waals surface area contributed by atoms with Gasteiger partial charge < -0.3 is 18.8 Å². The van der Waals surface area contributed by atoms with Gasteiger partial charge in [0.2, 0.25) is 0 Å². The summed E-state index contributed by atoms with van der Waals surface area (Å²) in [6.07, 6.45) is 1.16. The predicted molar refractivity (Wildman–Crippen MR) is 104 cm³/mol. The third-order valence-corrected chi connectivity index (χ3v) is 7.95. The molecule has 1 aromatic carbocycles. The highest BCUT2D eigenvalue weighted by atomic mass is 32.2. The van der Waals surface area contributed by atoms with Gasteiger partial charge in [-0.15, -0.1) is 0 Å². The molecule has 0 bridgehead atoms. The van der Waals surface area contributed by atoms with E-state index in [1.807, 2.05) is 27.7 Å². The molecule has 0 atom stereocenters. The van der Waals surface area contributed by atoms with Crippen LogP contribution in [0.2, 0.25) is 0 Å². The van der Waals surface area contributed by atoms with E-state index in [1.54, 1.807) is 31.4 Å². The fraction of sp³-hybridized carbons (Fsp3) is 0.684. The summed E-state index contributed by atoms with van der Waals surface area (Å²) < 4.78 is 48.8. The fourth-order valence-electron chi connectivity index (χ4n) is 3.39. The van der Waals surface area contributed by atoms with Crippen LogP contribution in [0.1, 0.15) is 40.5 Å². The van der Waals surface area contributed by atoms with E-state index in [9.17, 15) is 8.42 Å². The van der Waals surface area contributed by atoms with Gasteiger partial charge >= 0.3 is 7.12 Å². The molecule has 0 saturated carbocycles. The molecule has 2 fully saturated rings. The summed E-state index contributed by atoms with van der Waals surface area (Å²) in [7, 11) is -2.41. The van der Waals surface area contributed by atoms with Crippen LogP contribution in [0.4, 0.5) is 0 Å². The quantitative estimate of drug-likeness (QED) is 0.709. The van der Waals surface area contributed by atoms with Gasteiger partial charge in [-0.25, -0.2) is 8.42 Å². The average molecular weight is 396 g/mol. The van der Waals surface area contributed by atoms with Crippen molar-refractivity contribution in [3.63, 3.8) is 0 Å². The molecule has 0 amide bonds. The maximum Gasteiger partial charge on any atom is 0.494 e. The zero-order valence-corrected chi connectivity index (χ0v) is 17.6. The molecular formula is C19H29BO6S. The van der Waals surface area contributed by atoms with Crippen LogP contribution in [-0.4, -0.2) is 58.4 Å². The van der Waals surface area contributed by atoms with Gasteiger partial charge in [-0.1, -0.05) is 12.1 Å². The largest absolute Gasteiger partial charge is 0.494 e. The maximum absolute atomic E-state index is 12.9. The van der Waals surface area contributed by atoms with Crippen LogP contribution in [0.3, 0.4) is 0 Å². The monoisotopic (exact) mass is 396 g/mol. The summed E-state index contributed by atoms with van der Waals surface area (Å²) in [5, 5.41) is 0. The smallest absolute Gasteiger partial charge is 0.399 e. The topological polar surface area (TPSA) is 71.1 Å². The standard InChI is InChI=1S/C19H29BO6S/c1-17(2)18(3,4)26-20(25-17)15-6-8-16(9-7-15)27(21,22)14-19(23-5)10-12-24-13-11-19/h6-9H,10-14H2,1-5H3. The minimum atomic E-state index is -3.48. The van der Waals surface area contributed by atoms with E-state index in [1.165, 1.54) is 0 Å². The molecule has 1 aromatic rings. The Bertz CT molecular complexity index is 750. The Labute approximate surface area is 162 Å².